The number of nitrogens with one attached hydrogen (secondary N) is 2. The fourth-order valence-electron chi connectivity index (χ4n) is 2.69. The molecule has 174 valence electrons. The quantitative estimate of drug-likeness (QED) is 0.200. The first-order chi connectivity index (χ1) is 14.3. The molecule has 0 bridgehead atoms. The average Bonchev–Trinajstić information content (AvgIpc) is 2.70. The molecule has 0 saturated carbocycles. The highest BCUT2D eigenvalue weighted by molar-refractivity contribution is 7.99. The Balaban J connectivity index is 4.27. The number of carbonyl (C=O) groups is 4. The van der Waals surface area contributed by atoms with E-state index in [-0.39, 0.29) is 12.8 Å². The lowest BCUT2D eigenvalue weighted by molar-refractivity contribution is -0.438. The van der Waals surface area contributed by atoms with Crippen LogP contribution in [-0.4, -0.2) is 53.9 Å². The minimum atomic E-state index is -1.42. The van der Waals surface area contributed by atoms with Crippen LogP contribution in [0.2, 0.25) is 0 Å². The van der Waals surface area contributed by atoms with Crippen LogP contribution in [0.5, 0.6) is 0 Å². The van der Waals surface area contributed by atoms with Gasteiger partial charge in [-0.05, 0) is 12.2 Å². The van der Waals surface area contributed by atoms with E-state index in [1.54, 1.807) is 0 Å². The van der Waals surface area contributed by atoms with Gasteiger partial charge in [0.1, 0.15) is 12.1 Å². The summed E-state index contributed by atoms with van der Waals surface area (Å²) < 4.78 is 0. The lowest BCUT2D eigenvalue weighted by Gasteiger charge is -2.19. The topological polar surface area (TPSA) is 166 Å². The molecule has 0 rings (SSSR count). The number of hydrogen-bond acceptors (Lipinski definition) is 7. The second kappa shape index (κ2) is 18.0. The van der Waals surface area contributed by atoms with E-state index in [1.807, 2.05) is 0 Å². The molecule has 0 aromatic carbocycles. The highest BCUT2D eigenvalue weighted by Crippen LogP contribution is 2.12. The van der Waals surface area contributed by atoms with Gasteiger partial charge >= 0.3 is 0 Å². The third-order valence-corrected chi connectivity index (χ3v) is 5.68. The standard InChI is InChI=1S/C20H37N3O6S/c1-2-3-4-5-6-7-8-9-12-30-14-16(19(27)22-13-18(25)26)23-17(24)11-10-15(21)20(28)29/h15-16H,2-14,21H2,1H3,(H,22,27)(H,23,24)(H,25,26)(H,28,29)/p-1/t15-,16-/m0/s1. The fourth-order valence-corrected chi connectivity index (χ4v) is 3.74. The minimum Gasteiger partial charge on any atom is -0.548 e. The predicted molar refractivity (Wildman–Crippen MR) is 111 cm³/mol. The van der Waals surface area contributed by atoms with Gasteiger partial charge < -0.3 is 36.2 Å². The van der Waals surface area contributed by atoms with Gasteiger partial charge in [-0.15, -0.1) is 0 Å². The second-order valence-electron chi connectivity index (χ2n) is 7.31. The van der Waals surface area contributed by atoms with Gasteiger partial charge in [-0.25, -0.2) is 0 Å². The van der Waals surface area contributed by atoms with Gasteiger partial charge in [-0.3, -0.25) is 9.59 Å². The minimum absolute atomic E-state index is 0.00699. The summed E-state index contributed by atoms with van der Waals surface area (Å²) in [7, 11) is 0. The number of aliphatic carboxylic acids is 2. The molecule has 0 fully saturated rings. The van der Waals surface area contributed by atoms with Crippen LogP contribution in [-0.2, 0) is 19.2 Å². The van der Waals surface area contributed by atoms with Crippen LogP contribution in [0.15, 0.2) is 0 Å². The Morgan fingerprint density at radius 2 is 1.57 bits per heavy atom. The molecule has 0 aliphatic heterocycles. The van der Waals surface area contributed by atoms with Gasteiger partial charge in [0.25, 0.3) is 0 Å². The van der Waals surface area contributed by atoms with E-state index in [9.17, 15) is 29.4 Å². The Morgan fingerprint density at radius 1 is 0.967 bits per heavy atom. The first-order valence-corrected chi connectivity index (χ1v) is 11.8. The van der Waals surface area contributed by atoms with Crippen molar-refractivity contribution in [3.63, 3.8) is 0 Å². The summed E-state index contributed by atoms with van der Waals surface area (Å²) in [6, 6.07) is -1.92. The zero-order chi connectivity index (χ0) is 22.8. The number of carbonyl (C=O) groups excluding carboxylic acids is 4. The molecular formula is C20H36N3O6S-. The maximum atomic E-state index is 12.2. The molecule has 0 aromatic heterocycles. The summed E-state index contributed by atoms with van der Waals surface area (Å²) in [6.07, 6.45) is 9.47. The lowest BCUT2D eigenvalue weighted by Crippen LogP contribution is -2.68. The third kappa shape index (κ3) is 16.0. The normalized spacial score (nSPS) is 12.7. The first kappa shape index (κ1) is 28.2. The summed E-state index contributed by atoms with van der Waals surface area (Å²) in [4.78, 5) is 45.4. The average molecular weight is 447 g/mol. The summed E-state index contributed by atoms with van der Waals surface area (Å²) >= 11 is 1.51. The maximum Gasteiger partial charge on any atom is 0.243 e. The Morgan fingerprint density at radius 3 is 2.13 bits per heavy atom. The number of unbranched alkanes of at least 4 members (excludes halogenated alkanes) is 7. The van der Waals surface area contributed by atoms with Crippen LogP contribution in [0.4, 0.5) is 0 Å². The van der Waals surface area contributed by atoms with E-state index < -0.39 is 42.4 Å². The van der Waals surface area contributed by atoms with Crippen LogP contribution in [0.1, 0.15) is 71.1 Å². The summed E-state index contributed by atoms with van der Waals surface area (Å²) in [5.41, 5.74) is 3.38. The molecule has 9 nitrogen and oxygen atoms in total. The summed E-state index contributed by atoms with van der Waals surface area (Å²) in [6.45, 7) is 1.55. The number of rotatable bonds is 19. The maximum absolute atomic E-state index is 12.2. The van der Waals surface area contributed by atoms with Crippen molar-refractivity contribution in [2.24, 2.45) is 0 Å². The smallest absolute Gasteiger partial charge is 0.243 e. The molecule has 5 N–H and O–H groups in total. The summed E-state index contributed by atoms with van der Waals surface area (Å²) in [5, 5.41) is 26.0. The molecule has 2 atom stereocenters. The van der Waals surface area contributed by atoms with Crippen molar-refractivity contribution in [1.29, 1.82) is 0 Å². The highest BCUT2D eigenvalue weighted by Gasteiger charge is 2.21. The largest absolute Gasteiger partial charge is 0.548 e. The molecule has 0 saturated heterocycles. The van der Waals surface area contributed by atoms with Crippen molar-refractivity contribution < 1.29 is 35.1 Å². The lowest BCUT2D eigenvalue weighted by atomic mass is 10.1. The van der Waals surface area contributed by atoms with Crippen molar-refractivity contribution in [3.05, 3.63) is 0 Å². The van der Waals surface area contributed by atoms with Crippen molar-refractivity contribution in [2.45, 2.75) is 83.2 Å². The molecule has 0 aliphatic carbocycles. The Hall–Kier alpha value is -1.81. The number of hydrogen-bond donors (Lipinski definition) is 3. The van der Waals surface area contributed by atoms with Gasteiger partial charge in [0.05, 0.1) is 18.5 Å². The molecule has 2 amide bonds. The van der Waals surface area contributed by atoms with E-state index >= 15 is 0 Å². The first-order valence-electron chi connectivity index (χ1n) is 10.7. The number of carboxylic acid groups (broad SMARTS) is 2. The van der Waals surface area contributed by atoms with Crippen LogP contribution in [0.3, 0.4) is 0 Å². The van der Waals surface area contributed by atoms with E-state index in [0.29, 0.717) is 5.75 Å². The molecule has 0 heterocycles. The molecule has 0 spiro atoms. The van der Waals surface area contributed by atoms with E-state index in [4.69, 9.17) is 0 Å². The Bertz CT molecular complexity index is 533. The molecule has 0 aromatic rings. The SMILES string of the molecule is CCCCCCCCCCSC[C@H](NC(=O)CC[C@H]([NH3+])C(=O)[O-])C(=O)NCC(=O)[O-]. The van der Waals surface area contributed by atoms with Crippen molar-refractivity contribution in [1.82, 2.24) is 10.6 Å². The third-order valence-electron chi connectivity index (χ3n) is 4.54. The number of quaternary nitrogens is 1. The monoisotopic (exact) mass is 446 g/mol. The molecule has 0 unspecified atom stereocenters. The van der Waals surface area contributed by atoms with Crippen LogP contribution < -0.4 is 26.6 Å². The Kier molecular flexibility index (Phi) is 16.9. The Labute approximate surface area is 182 Å². The van der Waals surface area contributed by atoms with E-state index in [1.165, 1.54) is 50.3 Å². The molecule has 30 heavy (non-hydrogen) atoms. The zero-order valence-corrected chi connectivity index (χ0v) is 18.7. The molecular weight excluding hydrogens is 410 g/mol. The van der Waals surface area contributed by atoms with Crippen LogP contribution >= 0.6 is 11.8 Å². The van der Waals surface area contributed by atoms with Crippen molar-refractivity contribution in [3.8, 4) is 0 Å². The molecule has 0 radical (unpaired) electrons. The number of amides is 2. The van der Waals surface area contributed by atoms with Crippen LogP contribution in [0.25, 0.3) is 0 Å². The molecule has 0 aliphatic rings. The van der Waals surface area contributed by atoms with Gasteiger partial charge in [-0.1, -0.05) is 51.9 Å². The molecule has 10 heteroatoms. The zero-order valence-electron chi connectivity index (χ0n) is 17.9. The van der Waals surface area contributed by atoms with Gasteiger partial charge in [0, 0.05) is 18.6 Å². The summed E-state index contributed by atoms with van der Waals surface area (Å²) in [5.74, 6) is -2.73. The number of thioether (sulfide) groups is 1. The van der Waals surface area contributed by atoms with Crippen molar-refractivity contribution in [2.75, 3.05) is 18.1 Å². The number of carboxylic acids is 2. The van der Waals surface area contributed by atoms with Gasteiger partial charge in [-0.2, -0.15) is 11.8 Å². The highest BCUT2D eigenvalue weighted by atomic mass is 32.2. The van der Waals surface area contributed by atoms with Crippen molar-refractivity contribution >= 4 is 35.5 Å². The fraction of sp³-hybridized carbons (Fsp3) is 0.800. The predicted octanol–water partition coefficient (Wildman–Crippen LogP) is -1.65. The van der Waals surface area contributed by atoms with E-state index in [0.717, 1.165) is 18.6 Å². The van der Waals surface area contributed by atoms with Crippen LogP contribution in [0, 0.1) is 0 Å². The van der Waals surface area contributed by atoms with E-state index in [2.05, 4.69) is 23.3 Å². The second-order valence-corrected chi connectivity index (χ2v) is 8.46. The van der Waals surface area contributed by atoms with Gasteiger partial charge in [0.15, 0.2) is 0 Å². The van der Waals surface area contributed by atoms with Gasteiger partial charge in [0.2, 0.25) is 11.8 Å².